The fourth-order valence-corrected chi connectivity index (χ4v) is 2.08. The second-order valence-electron chi connectivity index (χ2n) is 5.56. The molecule has 0 unspecified atom stereocenters. The smallest absolute Gasteiger partial charge is 0.0694 e. The zero-order chi connectivity index (χ0) is 13.0. The lowest BCUT2D eigenvalue weighted by molar-refractivity contribution is 0.126. The molecule has 1 saturated carbocycles. The van der Waals surface area contributed by atoms with Gasteiger partial charge < -0.3 is 10.1 Å². The summed E-state index contributed by atoms with van der Waals surface area (Å²) in [4.78, 5) is 0. The minimum Gasteiger partial charge on any atom is -0.380 e. The second-order valence-corrected chi connectivity index (χ2v) is 5.56. The fraction of sp³-hybridized carbons (Fsp3) is 0.786. The molecule has 18 heavy (non-hydrogen) atoms. The Kier molecular flexibility index (Phi) is 4.78. The van der Waals surface area contributed by atoms with E-state index in [4.69, 9.17) is 4.74 Å². The summed E-state index contributed by atoms with van der Waals surface area (Å²) in [6, 6.07) is 0. The Hall–Kier alpha value is -0.870. The molecule has 1 heterocycles. The van der Waals surface area contributed by atoms with Crippen molar-refractivity contribution in [1.82, 2.24) is 15.1 Å². The molecule has 4 nitrogen and oxygen atoms in total. The van der Waals surface area contributed by atoms with E-state index in [-0.39, 0.29) is 0 Å². The summed E-state index contributed by atoms with van der Waals surface area (Å²) < 4.78 is 7.49. The Morgan fingerprint density at radius 2 is 2.28 bits per heavy atom. The van der Waals surface area contributed by atoms with E-state index in [0.29, 0.717) is 5.92 Å². The van der Waals surface area contributed by atoms with Crippen LogP contribution in [0.5, 0.6) is 0 Å². The van der Waals surface area contributed by atoms with E-state index >= 15 is 0 Å². The van der Waals surface area contributed by atoms with Gasteiger partial charge in [-0.15, -0.1) is 0 Å². The highest BCUT2D eigenvalue weighted by molar-refractivity contribution is 5.19. The first-order chi connectivity index (χ1) is 8.66. The van der Waals surface area contributed by atoms with Crippen LogP contribution in [-0.4, -0.2) is 29.5 Å². The predicted octanol–water partition coefficient (Wildman–Crippen LogP) is 2.06. The molecule has 0 saturated heterocycles. The van der Waals surface area contributed by atoms with Crippen molar-refractivity contribution in [3.8, 4) is 0 Å². The number of ether oxygens (including phenoxy) is 1. The topological polar surface area (TPSA) is 39.1 Å². The van der Waals surface area contributed by atoms with Crippen molar-refractivity contribution >= 4 is 0 Å². The Morgan fingerprint density at radius 1 is 1.50 bits per heavy atom. The van der Waals surface area contributed by atoms with Gasteiger partial charge in [0.15, 0.2) is 0 Å². The number of aryl methyl sites for hydroxylation is 1. The molecule has 0 aromatic carbocycles. The third-order valence-corrected chi connectivity index (χ3v) is 3.27. The van der Waals surface area contributed by atoms with E-state index in [1.165, 1.54) is 24.1 Å². The lowest BCUT2D eigenvalue weighted by Crippen LogP contribution is -2.20. The zero-order valence-corrected chi connectivity index (χ0v) is 11.8. The van der Waals surface area contributed by atoms with Gasteiger partial charge in [-0.25, -0.2) is 0 Å². The van der Waals surface area contributed by atoms with Crippen molar-refractivity contribution in [3.63, 3.8) is 0 Å². The SMILES string of the molecule is CC(C)c1nn(C)cc1CNCCOCC1CC1. The van der Waals surface area contributed by atoms with E-state index in [1.54, 1.807) is 0 Å². The van der Waals surface area contributed by atoms with Crippen LogP contribution < -0.4 is 5.32 Å². The molecule has 0 aliphatic heterocycles. The molecule has 1 N–H and O–H groups in total. The van der Waals surface area contributed by atoms with Crippen LogP contribution >= 0.6 is 0 Å². The first kappa shape index (κ1) is 13.6. The van der Waals surface area contributed by atoms with Crippen molar-refractivity contribution < 1.29 is 4.74 Å². The van der Waals surface area contributed by atoms with E-state index < -0.39 is 0 Å². The molecule has 1 aromatic heterocycles. The molecule has 1 fully saturated rings. The van der Waals surface area contributed by atoms with Crippen LogP contribution in [0.1, 0.15) is 43.9 Å². The molecule has 0 bridgehead atoms. The molecule has 4 heteroatoms. The van der Waals surface area contributed by atoms with Gasteiger partial charge in [-0.3, -0.25) is 4.68 Å². The van der Waals surface area contributed by atoms with Crippen LogP contribution in [0.25, 0.3) is 0 Å². The molecule has 0 atom stereocenters. The fourth-order valence-electron chi connectivity index (χ4n) is 2.08. The van der Waals surface area contributed by atoms with Gasteiger partial charge in [-0.05, 0) is 24.7 Å². The Morgan fingerprint density at radius 3 is 2.94 bits per heavy atom. The van der Waals surface area contributed by atoms with Gasteiger partial charge in [0.05, 0.1) is 12.3 Å². The van der Waals surface area contributed by atoms with Crippen molar-refractivity contribution in [2.75, 3.05) is 19.8 Å². The van der Waals surface area contributed by atoms with Crippen LogP contribution in [0.3, 0.4) is 0 Å². The van der Waals surface area contributed by atoms with Gasteiger partial charge in [0.1, 0.15) is 0 Å². The first-order valence-corrected chi connectivity index (χ1v) is 6.97. The summed E-state index contributed by atoms with van der Waals surface area (Å²) in [5.74, 6) is 1.34. The van der Waals surface area contributed by atoms with Gasteiger partial charge in [0.25, 0.3) is 0 Å². The van der Waals surface area contributed by atoms with Crippen LogP contribution in [0, 0.1) is 5.92 Å². The Labute approximate surface area is 110 Å². The number of aromatic nitrogens is 2. The molecule has 0 spiro atoms. The summed E-state index contributed by atoms with van der Waals surface area (Å²) >= 11 is 0. The number of hydrogen-bond donors (Lipinski definition) is 1. The number of nitrogens with zero attached hydrogens (tertiary/aromatic N) is 2. The van der Waals surface area contributed by atoms with Crippen molar-refractivity contribution in [1.29, 1.82) is 0 Å². The highest BCUT2D eigenvalue weighted by atomic mass is 16.5. The van der Waals surface area contributed by atoms with E-state index in [1.807, 2.05) is 11.7 Å². The van der Waals surface area contributed by atoms with Crippen LogP contribution in [0.2, 0.25) is 0 Å². The zero-order valence-electron chi connectivity index (χ0n) is 11.8. The average Bonchev–Trinajstić information content (AvgIpc) is 3.06. The molecule has 102 valence electrons. The van der Waals surface area contributed by atoms with Crippen LogP contribution in [-0.2, 0) is 18.3 Å². The standard InChI is InChI=1S/C14H25N3O/c1-11(2)14-13(9-17(3)16-14)8-15-6-7-18-10-12-4-5-12/h9,11-12,15H,4-8,10H2,1-3H3. The molecule has 1 aliphatic rings. The van der Waals surface area contributed by atoms with Gasteiger partial charge in [-0.1, -0.05) is 13.8 Å². The van der Waals surface area contributed by atoms with E-state index in [9.17, 15) is 0 Å². The highest BCUT2D eigenvalue weighted by Crippen LogP contribution is 2.28. The van der Waals surface area contributed by atoms with Crippen molar-refractivity contribution in [3.05, 3.63) is 17.5 Å². The maximum absolute atomic E-state index is 5.60. The van der Waals surface area contributed by atoms with Crippen molar-refractivity contribution in [2.45, 2.75) is 39.2 Å². The molecule has 0 amide bonds. The summed E-state index contributed by atoms with van der Waals surface area (Å²) in [5.41, 5.74) is 2.50. The third kappa shape index (κ3) is 4.10. The molecule has 1 aliphatic carbocycles. The summed E-state index contributed by atoms with van der Waals surface area (Å²) in [7, 11) is 1.98. The lowest BCUT2D eigenvalue weighted by atomic mass is 10.1. The van der Waals surface area contributed by atoms with Gasteiger partial charge in [-0.2, -0.15) is 5.10 Å². The monoisotopic (exact) mass is 251 g/mol. The number of rotatable bonds is 8. The maximum atomic E-state index is 5.60. The van der Waals surface area contributed by atoms with E-state index in [0.717, 1.165) is 32.2 Å². The second kappa shape index (κ2) is 6.34. The minimum atomic E-state index is 0.481. The lowest BCUT2D eigenvalue weighted by Gasteiger charge is -2.07. The first-order valence-electron chi connectivity index (χ1n) is 6.97. The molecule has 0 radical (unpaired) electrons. The van der Waals surface area contributed by atoms with Gasteiger partial charge >= 0.3 is 0 Å². The van der Waals surface area contributed by atoms with Crippen LogP contribution in [0.15, 0.2) is 6.20 Å². The molecule has 2 rings (SSSR count). The molecule has 1 aromatic rings. The number of nitrogens with one attached hydrogen (secondary N) is 1. The Bertz CT molecular complexity index is 369. The molecular formula is C14H25N3O. The van der Waals surface area contributed by atoms with Gasteiger partial charge in [0, 0.05) is 38.5 Å². The van der Waals surface area contributed by atoms with Crippen molar-refractivity contribution in [2.24, 2.45) is 13.0 Å². The highest BCUT2D eigenvalue weighted by Gasteiger charge is 2.20. The summed E-state index contributed by atoms with van der Waals surface area (Å²) in [6.45, 7) is 7.93. The summed E-state index contributed by atoms with van der Waals surface area (Å²) in [6.07, 6.45) is 4.83. The average molecular weight is 251 g/mol. The van der Waals surface area contributed by atoms with Gasteiger partial charge in [0.2, 0.25) is 0 Å². The summed E-state index contributed by atoms with van der Waals surface area (Å²) in [5, 5.41) is 7.93. The normalized spacial score (nSPS) is 15.6. The quantitative estimate of drug-likeness (QED) is 0.719. The minimum absolute atomic E-state index is 0.481. The maximum Gasteiger partial charge on any atom is 0.0694 e. The van der Waals surface area contributed by atoms with Crippen LogP contribution in [0.4, 0.5) is 0 Å². The third-order valence-electron chi connectivity index (χ3n) is 3.27. The number of hydrogen-bond acceptors (Lipinski definition) is 3. The predicted molar refractivity (Wildman–Crippen MR) is 72.5 cm³/mol. The van der Waals surface area contributed by atoms with E-state index in [2.05, 4.69) is 30.5 Å². The molecular weight excluding hydrogens is 226 g/mol. The Balaban J connectivity index is 1.65. The largest absolute Gasteiger partial charge is 0.380 e.